The second-order valence-corrected chi connectivity index (χ2v) is 12.6. The molecule has 0 saturated carbocycles. The summed E-state index contributed by atoms with van der Waals surface area (Å²) in [5, 5.41) is 0. The number of ether oxygens (including phenoxy) is 2. The fourth-order valence-corrected chi connectivity index (χ4v) is 5.89. The molecule has 5 nitrogen and oxygen atoms in total. The Morgan fingerprint density at radius 2 is 0.780 bits per heavy atom. The molecule has 0 aliphatic carbocycles. The monoisotopic (exact) mass is 580 g/mol. The first-order valence-corrected chi connectivity index (χ1v) is 18.3. The molecule has 1 rings (SSSR count). The second-order valence-electron chi connectivity index (χ2n) is 12.6. The summed E-state index contributed by atoms with van der Waals surface area (Å²) in [6, 6.07) is 0. The van der Waals surface area contributed by atoms with E-state index >= 15 is 0 Å². The number of esters is 2. The predicted octanol–water partition coefficient (Wildman–Crippen LogP) is 10.3. The van der Waals surface area contributed by atoms with Crippen molar-refractivity contribution in [3.05, 3.63) is 0 Å². The Morgan fingerprint density at radius 1 is 0.463 bits per heavy atom. The first kappa shape index (κ1) is 37.9. The van der Waals surface area contributed by atoms with E-state index in [-0.39, 0.29) is 11.9 Å². The first-order valence-electron chi connectivity index (χ1n) is 18.3. The number of carbonyl (C=O) groups excluding carboxylic acids is 2. The van der Waals surface area contributed by atoms with Gasteiger partial charge in [0.25, 0.3) is 0 Å². The van der Waals surface area contributed by atoms with Crippen LogP contribution in [0, 0.1) is 0 Å². The van der Waals surface area contributed by atoms with Crippen molar-refractivity contribution in [3.8, 4) is 0 Å². The van der Waals surface area contributed by atoms with E-state index in [1.54, 1.807) is 0 Å². The molecule has 1 aliphatic heterocycles. The zero-order valence-electron chi connectivity index (χ0n) is 27.4. The standard InChI is InChI=1S/C36H69NO4/c1-2-3-4-5-6-7-8-9-10-11-12-13-14-15-16-17-18-21-24-27-30-37-31-33-40-35(38)28-25-22-19-20-23-26-29-36(39)41-34-32-37/h2-34H2,1H3. The van der Waals surface area contributed by atoms with Gasteiger partial charge in [0.2, 0.25) is 0 Å². The summed E-state index contributed by atoms with van der Waals surface area (Å²) in [5.41, 5.74) is 0. The van der Waals surface area contributed by atoms with Gasteiger partial charge in [-0.2, -0.15) is 0 Å². The van der Waals surface area contributed by atoms with Gasteiger partial charge in [-0.3, -0.25) is 14.5 Å². The summed E-state index contributed by atoms with van der Waals surface area (Å²) >= 11 is 0. The van der Waals surface area contributed by atoms with E-state index in [4.69, 9.17) is 9.47 Å². The van der Waals surface area contributed by atoms with E-state index in [9.17, 15) is 9.59 Å². The third-order valence-electron chi connectivity index (χ3n) is 8.68. The summed E-state index contributed by atoms with van der Waals surface area (Å²) in [6.07, 6.45) is 35.1. The Morgan fingerprint density at radius 3 is 1.15 bits per heavy atom. The Kier molecular flexibility index (Phi) is 28.1. The molecule has 0 atom stereocenters. The fraction of sp³-hybridized carbons (Fsp3) is 0.944. The van der Waals surface area contributed by atoms with Gasteiger partial charge in [-0.05, 0) is 25.8 Å². The molecular formula is C36H69NO4. The van der Waals surface area contributed by atoms with Gasteiger partial charge in [0.15, 0.2) is 0 Å². The second kappa shape index (κ2) is 30.4. The summed E-state index contributed by atoms with van der Waals surface area (Å²) in [6.45, 7) is 5.59. The fourth-order valence-electron chi connectivity index (χ4n) is 5.89. The third kappa shape index (κ3) is 27.5. The van der Waals surface area contributed by atoms with E-state index in [0.717, 1.165) is 64.6 Å². The van der Waals surface area contributed by atoms with Crippen LogP contribution < -0.4 is 0 Å². The van der Waals surface area contributed by atoms with Crippen molar-refractivity contribution in [1.29, 1.82) is 0 Å². The quantitative estimate of drug-likeness (QED) is 0.1000. The molecule has 0 aromatic heterocycles. The van der Waals surface area contributed by atoms with Crippen LogP contribution in [-0.4, -0.2) is 49.7 Å². The third-order valence-corrected chi connectivity index (χ3v) is 8.68. The zero-order valence-corrected chi connectivity index (χ0v) is 27.4. The maximum Gasteiger partial charge on any atom is 0.305 e. The summed E-state index contributed by atoms with van der Waals surface area (Å²) in [4.78, 5) is 26.3. The average molecular weight is 580 g/mol. The summed E-state index contributed by atoms with van der Waals surface area (Å²) < 4.78 is 11.0. The number of hydrogen-bond acceptors (Lipinski definition) is 5. The van der Waals surface area contributed by atoms with Crippen molar-refractivity contribution in [3.63, 3.8) is 0 Å². The van der Waals surface area contributed by atoms with Crippen LogP contribution in [0.25, 0.3) is 0 Å². The van der Waals surface area contributed by atoms with Gasteiger partial charge in [-0.25, -0.2) is 0 Å². The first-order chi connectivity index (χ1) is 20.2. The molecule has 0 N–H and O–H groups in total. The molecule has 242 valence electrons. The molecule has 5 heteroatoms. The molecule has 0 radical (unpaired) electrons. The molecule has 0 bridgehead atoms. The van der Waals surface area contributed by atoms with Crippen LogP contribution in [0.15, 0.2) is 0 Å². The molecule has 1 heterocycles. The maximum absolute atomic E-state index is 12.0. The van der Waals surface area contributed by atoms with Crippen LogP contribution in [0.1, 0.15) is 187 Å². The Balaban J connectivity index is 1.99. The molecule has 0 aromatic rings. The average Bonchev–Trinajstić information content (AvgIpc) is 2.97. The summed E-state index contributed by atoms with van der Waals surface area (Å²) in [7, 11) is 0. The lowest BCUT2D eigenvalue weighted by Crippen LogP contribution is -2.33. The van der Waals surface area contributed by atoms with Crippen LogP contribution >= 0.6 is 0 Å². The van der Waals surface area contributed by atoms with E-state index in [2.05, 4.69) is 11.8 Å². The molecule has 1 aliphatic rings. The highest BCUT2D eigenvalue weighted by molar-refractivity contribution is 5.69. The number of cyclic esters (lactones) is 2. The van der Waals surface area contributed by atoms with Crippen molar-refractivity contribution < 1.29 is 19.1 Å². The topological polar surface area (TPSA) is 55.8 Å². The van der Waals surface area contributed by atoms with Crippen molar-refractivity contribution in [2.24, 2.45) is 0 Å². The highest BCUT2D eigenvalue weighted by atomic mass is 16.5. The van der Waals surface area contributed by atoms with Crippen LogP contribution in [0.4, 0.5) is 0 Å². The highest BCUT2D eigenvalue weighted by Gasteiger charge is 2.10. The van der Waals surface area contributed by atoms with E-state index < -0.39 is 0 Å². The molecule has 0 unspecified atom stereocenters. The summed E-state index contributed by atoms with van der Waals surface area (Å²) in [5.74, 6) is -0.140. The van der Waals surface area contributed by atoms with Crippen LogP contribution in [0.3, 0.4) is 0 Å². The molecule has 0 aromatic carbocycles. The molecule has 41 heavy (non-hydrogen) atoms. The molecule has 1 saturated heterocycles. The smallest absolute Gasteiger partial charge is 0.305 e. The predicted molar refractivity (Wildman–Crippen MR) is 173 cm³/mol. The number of carbonyl (C=O) groups is 2. The lowest BCUT2D eigenvalue weighted by atomic mass is 10.0. The van der Waals surface area contributed by atoms with Crippen molar-refractivity contribution in [2.75, 3.05) is 32.8 Å². The molecule has 1 fully saturated rings. The van der Waals surface area contributed by atoms with Gasteiger partial charge in [0.05, 0.1) is 0 Å². The van der Waals surface area contributed by atoms with Gasteiger partial charge in [-0.15, -0.1) is 0 Å². The number of nitrogens with zero attached hydrogens (tertiary/aromatic N) is 1. The normalized spacial score (nSPS) is 17.2. The minimum absolute atomic E-state index is 0.0699. The minimum atomic E-state index is -0.0699. The van der Waals surface area contributed by atoms with Gasteiger partial charge >= 0.3 is 11.9 Å². The number of unbranched alkanes of at least 4 members (excludes halogenated alkanes) is 19. The molecule has 0 spiro atoms. The Labute approximate surface area is 255 Å². The lowest BCUT2D eigenvalue weighted by Gasteiger charge is -2.22. The Bertz CT molecular complexity index is 554. The molecular weight excluding hydrogens is 510 g/mol. The van der Waals surface area contributed by atoms with Crippen LogP contribution in [-0.2, 0) is 19.1 Å². The Hall–Kier alpha value is -1.10. The zero-order chi connectivity index (χ0) is 29.5. The largest absolute Gasteiger partial charge is 0.464 e. The van der Waals surface area contributed by atoms with Crippen molar-refractivity contribution >= 4 is 11.9 Å². The van der Waals surface area contributed by atoms with Crippen LogP contribution in [0.5, 0.6) is 0 Å². The van der Waals surface area contributed by atoms with E-state index in [0.29, 0.717) is 26.1 Å². The van der Waals surface area contributed by atoms with Crippen molar-refractivity contribution in [1.82, 2.24) is 4.90 Å². The minimum Gasteiger partial charge on any atom is -0.464 e. The van der Waals surface area contributed by atoms with E-state index in [1.165, 1.54) is 122 Å². The van der Waals surface area contributed by atoms with Gasteiger partial charge in [0.1, 0.15) is 13.2 Å². The maximum atomic E-state index is 12.0. The van der Waals surface area contributed by atoms with Gasteiger partial charge < -0.3 is 9.47 Å². The molecule has 0 amide bonds. The lowest BCUT2D eigenvalue weighted by molar-refractivity contribution is -0.144. The van der Waals surface area contributed by atoms with E-state index in [1.807, 2.05) is 0 Å². The van der Waals surface area contributed by atoms with Gasteiger partial charge in [0, 0.05) is 25.9 Å². The van der Waals surface area contributed by atoms with Gasteiger partial charge in [-0.1, -0.05) is 155 Å². The SMILES string of the molecule is CCCCCCCCCCCCCCCCCCCCCCN1CCOC(=O)CCCCCCCCC(=O)OCC1. The number of rotatable bonds is 21. The highest BCUT2D eigenvalue weighted by Crippen LogP contribution is 2.15. The number of hydrogen-bond donors (Lipinski definition) is 0. The van der Waals surface area contributed by atoms with Crippen LogP contribution in [0.2, 0.25) is 0 Å². The van der Waals surface area contributed by atoms with Crippen molar-refractivity contribution in [2.45, 2.75) is 187 Å².